The monoisotopic (exact) mass is 550 g/mol. The molecule has 0 aliphatic rings. The molecule has 1 atom stereocenters. The van der Waals surface area contributed by atoms with E-state index in [0.717, 1.165) is 18.4 Å². The molecule has 40 heavy (non-hydrogen) atoms. The summed E-state index contributed by atoms with van der Waals surface area (Å²) in [6.07, 6.45) is 27.8. The predicted octanol–water partition coefficient (Wildman–Crippen LogP) is 10.8. The number of hydrogen-bond donors (Lipinski definition) is 2. The van der Waals surface area contributed by atoms with Crippen LogP contribution in [0.4, 0.5) is 0 Å². The van der Waals surface area contributed by atoms with Crippen LogP contribution in [0.25, 0.3) is 6.08 Å². The fourth-order valence-electron chi connectivity index (χ4n) is 5.23. The molecule has 0 amide bonds. The second-order valence-electron chi connectivity index (χ2n) is 11.3. The van der Waals surface area contributed by atoms with Gasteiger partial charge in [-0.05, 0) is 48.6 Å². The van der Waals surface area contributed by atoms with Gasteiger partial charge in [0.05, 0.1) is 0 Å². The van der Waals surface area contributed by atoms with E-state index in [9.17, 15) is 15.0 Å². The van der Waals surface area contributed by atoms with Gasteiger partial charge < -0.3 is 14.9 Å². The molecule has 0 saturated heterocycles. The third-order valence-corrected chi connectivity index (χ3v) is 7.61. The summed E-state index contributed by atoms with van der Waals surface area (Å²) in [5, 5.41) is 19.6. The second-order valence-corrected chi connectivity index (χ2v) is 11.3. The molecule has 1 unspecified atom stereocenters. The molecule has 2 rings (SSSR count). The lowest BCUT2D eigenvalue weighted by Gasteiger charge is -2.13. The highest BCUT2D eigenvalue weighted by molar-refractivity contribution is 5.72. The number of unbranched alkanes of at least 4 members (excludes halogenated alkanes) is 15. The summed E-state index contributed by atoms with van der Waals surface area (Å²) in [5.74, 6) is 0.680. The number of para-hydroxylation sites is 1. The average molecular weight is 551 g/mol. The minimum absolute atomic E-state index is 0.0421. The van der Waals surface area contributed by atoms with Crippen LogP contribution in [0.3, 0.4) is 0 Å². The van der Waals surface area contributed by atoms with Crippen molar-refractivity contribution in [2.75, 3.05) is 0 Å². The average Bonchev–Trinajstić information content (AvgIpc) is 2.94. The molecule has 0 saturated carbocycles. The van der Waals surface area contributed by atoms with Gasteiger partial charge in [0.1, 0.15) is 17.2 Å². The summed E-state index contributed by atoms with van der Waals surface area (Å²) in [6.45, 7) is 2.28. The van der Waals surface area contributed by atoms with Crippen molar-refractivity contribution in [2.45, 2.75) is 129 Å². The number of phenolic OH excluding ortho intramolecular Hbond substituents is 2. The topological polar surface area (TPSA) is 66.8 Å². The summed E-state index contributed by atoms with van der Waals surface area (Å²) >= 11 is 0. The number of benzene rings is 2. The molecule has 0 fully saturated rings. The van der Waals surface area contributed by atoms with Gasteiger partial charge >= 0.3 is 5.97 Å². The Morgan fingerprint density at radius 1 is 0.700 bits per heavy atom. The van der Waals surface area contributed by atoms with Gasteiger partial charge in [0, 0.05) is 12.5 Å². The Morgan fingerprint density at radius 3 is 1.73 bits per heavy atom. The third kappa shape index (κ3) is 17.0. The molecule has 0 aromatic heterocycles. The fourth-order valence-corrected chi connectivity index (χ4v) is 5.23. The zero-order chi connectivity index (χ0) is 28.7. The number of phenols is 2. The molecule has 0 aliphatic heterocycles. The lowest BCUT2D eigenvalue weighted by atomic mass is 9.94. The number of carbonyl (C=O) groups is 1. The van der Waals surface area contributed by atoms with Crippen molar-refractivity contribution in [3.63, 3.8) is 0 Å². The summed E-state index contributed by atoms with van der Waals surface area (Å²) in [4.78, 5) is 12.4. The highest BCUT2D eigenvalue weighted by Crippen LogP contribution is 2.24. The SMILES string of the molecule is CCCCCCCCCCCCCCCCCCC(/C=C/c1cc(O)cc(O)c1)CCC(=O)Oc1ccccc1. The Hall–Kier alpha value is -2.75. The van der Waals surface area contributed by atoms with Gasteiger partial charge in [0.15, 0.2) is 0 Å². The number of allylic oxidation sites excluding steroid dienone is 1. The molecule has 0 heterocycles. The van der Waals surface area contributed by atoms with Crippen molar-refractivity contribution >= 4 is 12.0 Å². The Kier molecular flexibility index (Phi) is 18.4. The molecule has 4 nitrogen and oxygen atoms in total. The van der Waals surface area contributed by atoms with Crippen LogP contribution in [-0.2, 0) is 4.79 Å². The molecule has 0 aliphatic carbocycles. The molecular weight excluding hydrogens is 496 g/mol. The van der Waals surface area contributed by atoms with Crippen LogP contribution in [0.15, 0.2) is 54.6 Å². The van der Waals surface area contributed by atoms with Crippen LogP contribution in [0.1, 0.15) is 134 Å². The maximum absolute atomic E-state index is 12.4. The van der Waals surface area contributed by atoms with E-state index >= 15 is 0 Å². The van der Waals surface area contributed by atoms with Gasteiger partial charge in [0.25, 0.3) is 0 Å². The van der Waals surface area contributed by atoms with Crippen molar-refractivity contribution in [3.8, 4) is 17.2 Å². The molecule has 0 bridgehead atoms. The van der Waals surface area contributed by atoms with E-state index in [4.69, 9.17) is 4.74 Å². The van der Waals surface area contributed by atoms with Crippen LogP contribution >= 0.6 is 0 Å². The first kappa shape index (κ1) is 33.5. The highest BCUT2D eigenvalue weighted by atomic mass is 16.5. The number of rotatable bonds is 23. The zero-order valence-corrected chi connectivity index (χ0v) is 25.0. The van der Waals surface area contributed by atoms with Gasteiger partial charge in [-0.15, -0.1) is 0 Å². The number of esters is 1. The first-order chi connectivity index (χ1) is 19.6. The Bertz CT molecular complexity index is 917. The van der Waals surface area contributed by atoms with Crippen molar-refractivity contribution in [3.05, 3.63) is 60.2 Å². The minimum Gasteiger partial charge on any atom is -0.508 e. The fraction of sp³-hybridized carbons (Fsp3) is 0.583. The highest BCUT2D eigenvalue weighted by Gasteiger charge is 2.11. The Morgan fingerprint density at radius 2 is 1.20 bits per heavy atom. The summed E-state index contributed by atoms with van der Waals surface area (Å²) in [7, 11) is 0. The molecule has 2 aromatic rings. The summed E-state index contributed by atoms with van der Waals surface area (Å²) in [5.41, 5.74) is 0.751. The zero-order valence-electron chi connectivity index (χ0n) is 25.0. The van der Waals surface area contributed by atoms with Crippen LogP contribution in [-0.4, -0.2) is 16.2 Å². The molecule has 222 valence electrons. The molecule has 0 radical (unpaired) electrons. The van der Waals surface area contributed by atoms with Crippen LogP contribution in [0.2, 0.25) is 0 Å². The van der Waals surface area contributed by atoms with Gasteiger partial charge in [-0.25, -0.2) is 0 Å². The minimum atomic E-state index is -0.216. The van der Waals surface area contributed by atoms with E-state index in [1.165, 1.54) is 102 Å². The third-order valence-electron chi connectivity index (χ3n) is 7.61. The van der Waals surface area contributed by atoms with Gasteiger partial charge in [-0.1, -0.05) is 140 Å². The van der Waals surface area contributed by atoms with Crippen molar-refractivity contribution in [2.24, 2.45) is 5.92 Å². The van der Waals surface area contributed by atoms with Crippen LogP contribution in [0.5, 0.6) is 17.2 Å². The summed E-state index contributed by atoms with van der Waals surface area (Å²) < 4.78 is 5.46. The Balaban J connectivity index is 1.62. The van der Waals surface area contributed by atoms with E-state index in [1.54, 1.807) is 24.3 Å². The molecule has 2 N–H and O–H groups in total. The molecule has 0 spiro atoms. The predicted molar refractivity (Wildman–Crippen MR) is 168 cm³/mol. The van der Waals surface area contributed by atoms with Crippen molar-refractivity contribution in [1.29, 1.82) is 0 Å². The lowest BCUT2D eigenvalue weighted by molar-refractivity contribution is -0.134. The quantitative estimate of drug-likeness (QED) is 0.0820. The molecular formula is C36H54O4. The maximum atomic E-state index is 12.4. The Labute approximate surface area is 243 Å². The van der Waals surface area contributed by atoms with Gasteiger partial charge in [-0.3, -0.25) is 4.79 Å². The van der Waals surface area contributed by atoms with Crippen LogP contribution < -0.4 is 4.74 Å². The molecule has 2 aromatic carbocycles. The van der Waals surface area contributed by atoms with E-state index in [1.807, 2.05) is 24.3 Å². The lowest BCUT2D eigenvalue weighted by Crippen LogP contribution is -2.10. The van der Waals surface area contributed by atoms with Gasteiger partial charge in [0.2, 0.25) is 0 Å². The van der Waals surface area contributed by atoms with E-state index < -0.39 is 0 Å². The van der Waals surface area contributed by atoms with Crippen LogP contribution in [0, 0.1) is 5.92 Å². The first-order valence-electron chi connectivity index (χ1n) is 16.0. The van der Waals surface area contributed by atoms with E-state index in [2.05, 4.69) is 13.0 Å². The number of ether oxygens (including phenoxy) is 1. The molecule has 4 heteroatoms. The largest absolute Gasteiger partial charge is 0.508 e. The number of aromatic hydroxyl groups is 2. The first-order valence-corrected chi connectivity index (χ1v) is 16.0. The smallest absolute Gasteiger partial charge is 0.311 e. The standard InChI is InChI=1S/C36H54O4/c1-2-3-4-5-6-7-8-9-10-11-12-13-14-15-16-18-21-31(24-25-32-28-33(37)30-34(38)29-32)26-27-36(39)40-35-22-19-17-20-23-35/h17,19-20,22-25,28-31,37-38H,2-16,18,21,26-27H2,1H3/b25-24+. The van der Waals surface area contributed by atoms with Crippen molar-refractivity contribution < 1.29 is 19.7 Å². The van der Waals surface area contributed by atoms with E-state index in [-0.39, 0.29) is 23.4 Å². The van der Waals surface area contributed by atoms with Gasteiger partial charge in [-0.2, -0.15) is 0 Å². The normalized spacial score (nSPS) is 12.1. The summed E-state index contributed by atoms with van der Waals surface area (Å²) in [6, 6.07) is 13.8. The number of carbonyl (C=O) groups excluding carboxylic acids is 1. The second kappa shape index (κ2) is 22.0. The van der Waals surface area contributed by atoms with E-state index in [0.29, 0.717) is 18.6 Å². The maximum Gasteiger partial charge on any atom is 0.311 e. The number of hydrogen-bond acceptors (Lipinski definition) is 4. The van der Waals surface area contributed by atoms with Crippen molar-refractivity contribution in [1.82, 2.24) is 0 Å².